The van der Waals surface area contributed by atoms with Crippen LogP contribution in [0, 0.1) is 6.92 Å². The molecule has 1 aromatic carbocycles. The number of aromatic hydroxyl groups is 1. The van der Waals surface area contributed by atoms with Gasteiger partial charge in [-0.2, -0.15) is 13.2 Å². The molecule has 0 unspecified atom stereocenters. The van der Waals surface area contributed by atoms with Gasteiger partial charge in [0.1, 0.15) is 5.75 Å². The van der Waals surface area contributed by atoms with Crippen LogP contribution in [0.25, 0.3) is 0 Å². The van der Waals surface area contributed by atoms with Gasteiger partial charge in [0, 0.05) is 12.1 Å². The standard InChI is InChI=1S/C9H10F3NO/c1-5-2-7(9(10,11)12)3-6(4-13)8(5)14/h2-3,14H,4,13H2,1H3. The first kappa shape index (κ1) is 10.8. The number of hydrogen-bond acceptors (Lipinski definition) is 2. The quantitative estimate of drug-likeness (QED) is 0.738. The Balaban J connectivity index is 3.30. The molecule has 1 aromatic rings. The fraction of sp³-hybridized carbons (Fsp3) is 0.333. The highest BCUT2D eigenvalue weighted by atomic mass is 19.4. The van der Waals surface area contributed by atoms with Crippen LogP contribution in [0.1, 0.15) is 16.7 Å². The predicted molar refractivity (Wildman–Crippen MR) is 45.7 cm³/mol. The Hall–Kier alpha value is -1.23. The number of nitrogens with two attached hydrogens (primary N) is 1. The van der Waals surface area contributed by atoms with Crippen LogP contribution in [0.5, 0.6) is 5.75 Å². The first-order chi connectivity index (χ1) is 6.36. The van der Waals surface area contributed by atoms with Gasteiger partial charge in [0.2, 0.25) is 0 Å². The van der Waals surface area contributed by atoms with Crippen LogP contribution in [-0.2, 0) is 12.7 Å². The number of alkyl halides is 3. The number of phenolic OH excluding ortho intramolecular Hbond substituents is 1. The second-order valence-electron chi connectivity index (χ2n) is 3.00. The molecule has 5 heteroatoms. The fourth-order valence-electron chi connectivity index (χ4n) is 1.17. The van der Waals surface area contributed by atoms with Gasteiger partial charge in [0.05, 0.1) is 5.56 Å². The van der Waals surface area contributed by atoms with Crippen molar-refractivity contribution in [2.45, 2.75) is 19.6 Å². The van der Waals surface area contributed by atoms with Gasteiger partial charge in [-0.1, -0.05) is 0 Å². The molecule has 0 saturated heterocycles. The van der Waals surface area contributed by atoms with E-state index in [2.05, 4.69) is 0 Å². The lowest BCUT2D eigenvalue weighted by Crippen LogP contribution is -2.08. The molecule has 3 N–H and O–H groups in total. The smallest absolute Gasteiger partial charge is 0.416 e. The van der Waals surface area contributed by atoms with Crippen LogP contribution >= 0.6 is 0 Å². The predicted octanol–water partition coefficient (Wildman–Crippen LogP) is 2.18. The second kappa shape index (κ2) is 3.49. The molecule has 0 aliphatic rings. The third-order valence-corrected chi connectivity index (χ3v) is 1.93. The normalized spacial score (nSPS) is 11.8. The summed E-state index contributed by atoms with van der Waals surface area (Å²) in [5.41, 5.74) is 4.71. The monoisotopic (exact) mass is 205 g/mol. The molecule has 0 fully saturated rings. The summed E-state index contributed by atoms with van der Waals surface area (Å²) in [6.45, 7) is 1.29. The van der Waals surface area contributed by atoms with E-state index in [9.17, 15) is 18.3 Å². The summed E-state index contributed by atoms with van der Waals surface area (Å²) in [5.74, 6) is -0.166. The Morgan fingerprint density at radius 1 is 1.36 bits per heavy atom. The molecular weight excluding hydrogens is 195 g/mol. The van der Waals surface area contributed by atoms with E-state index in [0.717, 1.165) is 12.1 Å². The van der Waals surface area contributed by atoms with Crippen molar-refractivity contribution in [2.24, 2.45) is 5.73 Å². The van der Waals surface area contributed by atoms with E-state index < -0.39 is 11.7 Å². The Morgan fingerprint density at radius 3 is 2.36 bits per heavy atom. The highest BCUT2D eigenvalue weighted by Crippen LogP contribution is 2.34. The largest absolute Gasteiger partial charge is 0.507 e. The van der Waals surface area contributed by atoms with Crippen LogP contribution in [-0.4, -0.2) is 5.11 Å². The zero-order valence-electron chi connectivity index (χ0n) is 7.52. The van der Waals surface area contributed by atoms with E-state index in [1.165, 1.54) is 6.92 Å². The minimum atomic E-state index is -4.40. The van der Waals surface area contributed by atoms with Gasteiger partial charge in [-0.3, -0.25) is 0 Å². The maximum absolute atomic E-state index is 12.3. The van der Waals surface area contributed by atoms with Crippen LogP contribution in [0.3, 0.4) is 0 Å². The molecular formula is C9H10F3NO. The zero-order valence-corrected chi connectivity index (χ0v) is 7.52. The van der Waals surface area contributed by atoms with Crippen molar-refractivity contribution in [3.8, 4) is 5.75 Å². The fourth-order valence-corrected chi connectivity index (χ4v) is 1.17. The van der Waals surface area contributed by atoms with E-state index in [-0.39, 0.29) is 23.4 Å². The van der Waals surface area contributed by atoms with Crippen molar-refractivity contribution in [2.75, 3.05) is 0 Å². The molecule has 0 aliphatic carbocycles. The average molecular weight is 205 g/mol. The Kier molecular flexibility index (Phi) is 2.71. The van der Waals surface area contributed by atoms with E-state index in [1.807, 2.05) is 0 Å². The molecule has 0 aromatic heterocycles. The number of rotatable bonds is 1. The molecule has 0 amide bonds. The third-order valence-electron chi connectivity index (χ3n) is 1.93. The molecule has 1 rings (SSSR count). The second-order valence-corrected chi connectivity index (χ2v) is 3.00. The van der Waals surface area contributed by atoms with Gasteiger partial charge in [0.25, 0.3) is 0 Å². The highest BCUT2D eigenvalue weighted by molar-refractivity contribution is 5.43. The van der Waals surface area contributed by atoms with Crippen molar-refractivity contribution in [3.05, 3.63) is 28.8 Å². The van der Waals surface area contributed by atoms with Gasteiger partial charge in [-0.15, -0.1) is 0 Å². The number of phenols is 1. The molecule has 2 nitrogen and oxygen atoms in total. The molecule has 14 heavy (non-hydrogen) atoms. The number of aryl methyl sites for hydroxylation is 1. The summed E-state index contributed by atoms with van der Waals surface area (Å²) in [6, 6.07) is 1.76. The molecule has 0 spiro atoms. The summed E-state index contributed by atoms with van der Waals surface area (Å²) in [5, 5.41) is 9.34. The number of benzene rings is 1. The van der Waals surface area contributed by atoms with Gasteiger partial charge in [-0.25, -0.2) is 0 Å². The molecule has 0 radical (unpaired) electrons. The summed E-state index contributed by atoms with van der Waals surface area (Å²) in [7, 11) is 0. The van der Waals surface area contributed by atoms with Crippen LogP contribution in [0.4, 0.5) is 13.2 Å². The number of halogens is 3. The molecule has 0 atom stereocenters. The molecule has 78 valence electrons. The van der Waals surface area contributed by atoms with Crippen LogP contribution < -0.4 is 5.73 Å². The minimum absolute atomic E-state index is 0.109. The summed E-state index contributed by atoms with van der Waals surface area (Å²) >= 11 is 0. The average Bonchev–Trinajstić information content (AvgIpc) is 2.07. The first-order valence-electron chi connectivity index (χ1n) is 3.96. The Labute approximate surface area is 79.2 Å². The van der Waals surface area contributed by atoms with Crippen molar-refractivity contribution >= 4 is 0 Å². The summed E-state index contributed by atoms with van der Waals surface area (Å²) in [4.78, 5) is 0. The minimum Gasteiger partial charge on any atom is -0.507 e. The van der Waals surface area contributed by atoms with Crippen LogP contribution in [0.2, 0.25) is 0 Å². The molecule has 0 heterocycles. The zero-order chi connectivity index (χ0) is 10.9. The van der Waals surface area contributed by atoms with Gasteiger partial charge in [-0.05, 0) is 24.6 Å². The summed E-state index contributed by atoms with van der Waals surface area (Å²) < 4.78 is 36.9. The molecule has 0 saturated carbocycles. The van der Waals surface area contributed by atoms with Gasteiger partial charge < -0.3 is 10.8 Å². The lowest BCUT2D eigenvalue weighted by Gasteiger charge is -2.11. The maximum Gasteiger partial charge on any atom is 0.416 e. The SMILES string of the molecule is Cc1cc(C(F)(F)F)cc(CN)c1O. The van der Waals surface area contributed by atoms with Crippen LogP contribution in [0.15, 0.2) is 12.1 Å². The van der Waals surface area contributed by atoms with E-state index in [4.69, 9.17) is 5.73 Å². The molecule has 0 bridgehead atoms. The van der Waals surface area contributed by atoms with Crippen molar-refractivity contribution < 1.29 is 18.3 Å². The van der Waals surface area contributed by atoms with Gasteiger partial charge >= 0.3 is 6.18 Å². The Morgan fingerprint density at radius 2 is 1.93 bits per heavy atom. The first-order valence-corrected chi connectivity index (χ1v) is 3.96. The van der Waals surface area contributed by atoms with Crippen molar-refractivity contribution in [1.82, 2.24) is 0 Å². The van der Waals surface area contributed by atoms with Gasteiger partial charge in [0.15, 0.2) is 0 Å². The Bertz CT molecular complexity index is 347. The maximum atomic E-state index is 12.3. The third kappa shape index (κ3) is 1.98. The van der Waals surface area contributed by atoms with Crippen molar-refractivity contribution in [1.29, 1.82) is 0 Å². The lowest BCUT2D eigenvalue weighted by molar-refractivity contribution is -0.137. The van der Waals surface area contributed by atoms with E-state index in [0.29, 0.717) is 0 Å². The lowest BCUT2D eigenvalue weighted by atomic mass is 10.0. The van der Waals surface area contributed by atoms with Crippen molar-refractivity contribution in [3.63, 3.8) is 0 Å². The van der Waals surface area contributed by atoms with E-state index in [1.54, 1.807) is 0 Å². The van der Waals surface area contributed by atoms with E-state index >= 15 is 0 Å². The highest BCUT2D eigenvalue weighted by Gasteiger charge is 2.31. The topological polar surface area (TPSA) is 46.2 Å². The molecule has 0 aliphatic heterocycles. The summed E-state index contributed by atoms with van der Waals surface area (Å²) in [6.07, 6.45) is -4.40. The number of hydrogen-bond donors (Lipinski definition) is 2.